The highest BCUT2D eigenvalue weighted by Crippen LogP contribution is 2.26. The molecule has 2 amide bonds. The molecule has 1 heterocycles. The minimum absolute atomic E-state index is 0.228. The molecule has 33 heavy (non-hydrogen) atoms. The predicted octanol–water partition coefficient (Wildman–Crippen LogP) is 3.90. The molecule has 1 aliphatic heterocycles. The lowest BCUT2D eigenvalue weighted by Crippen LogP contribution is -2.56. The number of rotatable bonds is 5. The standard InChI is InChI=1S/C25H29ClN2O5/c1-25(2,3)33-24(31)28-15-18-8-6-5-7-17(18)14-21(28)22(29)27-20(23(30)32-4)13-16-9-11-19(26)12-10-16/h5-12,20-21H,13-15H2,1-4H3,(H,27,29)/t20-,21-/m1/s1. The van der Waals surface area contributed by atoms with Crippen LogP contribution >= 0.6 is 11.6 Å². The quantitative estimate of drug-likeness (QED) is 0.667. The minimum Gasteiger partial charge on any atom is -0.467 e. The van der Waals surface area contributed by atoms with E-state index < -0.39 is 35.7 Å². The van der Waals surface area contributed by atoms with Crippen LogP contribution in [0.1, 0.15) is 37.5 Å². The molecule has 0 unspecified atom stereocenters. The van der Waals surface area contributed by atoms with Gasteiger partial charge >= 0.3 is 12.1 Å². The van der Waals surface area contributed by atoms with Gasteiger partial charge in [0.2, 0.25) is 5.91 Å². The van der Waals surface area contributed by atoms with E-state index in [1.807, 2.05) is 24.3 Å². The molecule has 176 valence electrons. The smallest absolute Gasteiger partial charge is 0.411 e. The van der Waals surface area contributed by atoms with Crippen LogP contribution in [0.4, 0.5) is 4.79 Å². The van der Waals surface area contributed by atoms with Crippen molar-refractivity contribution in [3.8, 4) is 0 Å². The van der Waals surface area contributed by atoms with Gasteiger partial charge in [-0.3, -0.25) is 9.69 Å². The first-order chi connectivity index (χ1) is 15.6. The zero-order valence-electron chi connectivity index (χ0n) is 19.3. The second kappa shape index (κ2) is 10.3. The van der Waals surface area contributed by atoms with Gasteiger partial charge in [-0.15, -0.1) is 0 Å². The minimum atomic E-state index is -0.915. The second-order valence-electron chi connectivity index (χ2n) is 9.01. The SMILES string of the molecule is COC(=O)[C@@H](Cc1ccc(Cl)cc1)NC(=O)[C@H]1Cc2ccccc2CN1C(=O)OC(C)(C)C. The van der Waals surface area contributed by atoms with Crippen LogP contribution in [0.2, 0.25) is 5.02 Å². The van der Waals surface area contributed by atoms with Gasteiger partial charge in [-0.25, -0.2) is 9.59 Å². The van der Waals surface area contributed by atoms with Gasteiger partial charge in [0, 0.05) is 17.9 Å². The summed E-state index contributed by atoms with van der Waals surface area (Å²) in [5.41, 5.74) is 2.04. The average molecular weight is 473 g/mol. The number of hydrogen-bond donors (Lipinski definition) is 1. The Hall–Kier alpha value is -3.06. The first-order valence-corrected chi connectivity index (χ1v) is 11.1. The van der Waals surface area contributed by atoms with Gasteiger partial charge in [0.05, 0.1) is 13.7 Å². The Labute approximate surface area is 199 Å². The Balaban J connectivity index is 1.84. The maximum atomic E-state index is 13.4. The van der Waals surface area contributed by atoms with Crippen molar-refractivity contribution in [3.63, 3.8) is 0 Å². The fourth-order valence-electron chi connectivity index (χ4n) is 3.73. The summed E-state index contributed by atoms with van der Waals surface area (Å²) in [7, 11) is 1.27. The fourth-order valence-corrected chi connectivity index (χ4v) is 3.86. The van der Waals surface area contributed by atoms with Crippen molar-refractivity contribution in [1.82, 2.24) is 10.2 Å². The first kappa shape index (κ1) is 24.6. The molecular formula is C25H29ClN2O5. The summed E-state index contributed by atoms with van der Waals surface area (Å²) in [6.07, 6.45) is -0.0361. The molecule has 8 heteroatoms. The van der Waals surface area contributed by atoms with Gasteiger partial charge in [-0.2, -0.15) is 0 Å². The van der Waals surface area contributed by atoms with Crippen LogP contribution in [0.15, 0.2) is 48.5 Å². The van der Waals surface area contributed by atoms with Crippen LogP contribution in [0.5, 0.6) is 0 Å². The van der Waals surface area contributed by atoms with E-state index in [9.17, 15) is 14.4 Å². The van der Waals surface area contributed by atoms with Crippen LogP contribution < -0.4 is 5.32 Å². The highest BCUT2D eigenvalue weighted by atomic mass is 35.5. The number of ether oxygens (including phenoxy) is 2. The molecule has 0 fully saturated rings. The molecule has 0 aliphatic carbocycles. The van der Waals surface area contributed by atoms with Crippen molar-refractivity contribution in [2.75, 3.05) is 7.11 Å². The Morgan fingerprint density at radius 2 is 1.73 bits per heavy atom. The molecule has 0 aromatic heterocycles. The third-order valence-electron chi connectivity index (χ3n) is 5.33. The molecule has 0 radical (unpaired) electrons. The summed E-state index contributed by atoms with van der Waals surface area (Å²) < 4.78 is 10.5. The molecular weight excluding hydrogens is 444 g/mol. The lowest BCUT2D eigenvalue weighted by atomic mass is 9.93. The van der Waals surface area contributed by atoms with E-state index in [2.05, 4.69) is 5.32 Å². The van der Waals surface area contributed by atoms with E-state index in [0.29, 0.717) is 11.4 Å². The molecule has 0 bridgehead atoms. The molecule has 3 rings (SSSR count). The van der Waals surface area contributed by atoms with Crippen molar-refractivity contribution < 1.29 is 23.9 Å². The van der Waals surface area contributed by atoms with Crippen LogP contribution in [-0.4, -0.2) is 47.7 Å². The monoisotopic (exact) mass is 472 g/mol. The zero-order chi connectivity index (χ0) is 24.2. The van der Waals surface area contributed by atoms with Crippen molar-refractivity contribution >= 4 is 29.6 Å². The van der Waals surface area contributed by atoms with E-state index in [0.717, 1.165) is 16.7 Å². The van der Waals surface area contributed by atoms with Crippen molar-refractivity contribution in [3.05, 3.63) is 70.2 Å². The van der Waals surface area contributed by atoms with E-state index in [-0.39, 0.29) is 13.0 Å². The number of methoxy groups -OCH3 is 1. The molecule has 2 aromatic carbocycles. The number of esters is 1. The van der Waals surface area contributed by atoms with Crippen molar-refractivity contribution in [2.45, 2.75) is 57.8 Å². The Morgan fingerprint density at radius 3 is 2.33 bits per heavy atom. The van der Waals surface area contributed by atoms with Gasteiger partial charge in [-0.05, 0) is 49.6 Å². The highest BCUT2D eigenvalue weighted by molar-refractivity contribution is 6.30. The average Bonchev–Trinajstić information content (AvgIpc) is 2.77. The van der Waals surface area contributed by atoms with Gasteiger partial charge < -0.3 is 14.8 Å². The molecule has 0 saturated heterocycles. The van der Waals surface area contributed by atoms with Gasteiger partial charge in [0.1, 0.15) is 17.7 Å². The van der Waals surface area contributed by atoms with E-state index >= 15 is 0 Å². The van der Waals surface area contributed by atoms with Crippen LogP contribution in [-0.2, 0) is 38.4 Å². The van der Waals surface area contributed by atoms with Crippen LogP contribution in [0.3, 0.4) is 0 Å². The number of benzene rings is 2. The summed E-state index contributed by atoms with van der Waals surface area (Å²) in [4.78, 5) is 40.2. The number of nitrogens with zero attached hydrogens (tertiary/aromatic N) is 1. The second-order valence-corrected chi connectivity index (χ2v) is 9.45. The first-order valence-electron chi connectivity index (χ1n) is 10.8. The maximum absolute atomic E-state index is 13.4. The predicted molar refractivity (Wildman–Crippen MR) is 125 cm³/mol. The van der Waals surface area contributed by atoms with Crippen molar-refractivity contribution in [1.29, 1.82) is 0 Å². The van der Waals surface area contributed by atoms with Crippen LogP contribution in [0, 0.1) is 0 Å². The normalized spacial score (nSPS) is 16.4. The third kappa shape index (κ3) is 6.48. The summed E-state index contributed by atoms with van der Waals surface area (Å²) in [6.45, 7) is 5.56. The highest BCUT2D eigenvalue weighted by Gasteiger charge is 2.38. The van der Waals surface area contributed by atoms with Gasteiger partial charge in [0.15, 0.2) is 0 Å². The molecule has 1 aliphatic rings. The number of hydrogen-bond acceptors (Lipinski definition) is 5. The summed E-state index contributed by atoms with van der Waals surface area (Å²) in [5.74, 6) is -1.02. The number of halogens is 1. The number of carbonyl (C=O) groups is 3. The molecule has 1 N–H and O–H groups in total. The lowest BCUT2D eigenvalue weighted by Gasteiger charge is -2.37. The number of carbonyl (C=O) groups excluding carboxylic acids is 3. The maximum Gasteiger partial charge on any atom is 0.411 e. The molecule has 2 aromatic rings. The zero-order valence-corrected chi connectivity index (χ0v) is 20.0. The Kier molecular flexibility index (Phi) is 7.64. The molecule has 0 saturated carbocycles. The summed E-state index contributed by atoms with van der Waals surface area (Å²) in [5, 5.41) is 3.36. The topological polar surface area (TPSA) is 84.9 Å². The lowest BCUT2D eigenvalue weighted by molar-refractivity contribution is -0.145. The molecule has 2 atom stereocenters. The largest absolute Gasteiger partial charge is 0.467 e. The summed E-state index contributed by atoms with van der Waals surface area (Å²) >= 11 is 5.95. The molecule has 7 nitrogen and oxygen atoms in total. The Bertz CT molecular complexity index is 1020. The van der Waals surface area contributed by atoms with E-state index in [4.69, 9.17) is 21.1 Å². The summed E-state index contributed by atoms with van der Waals surface area (Å²) in [6, 6.07) is 12.9. The number of nitrogens with one attached hydrogen (secondary N) is 1. The van der Waals surface area contributed by atoms with E-state index in [1.165, 1.54) is 12.0 Å². The fraction of sp³-hybridized carbons (Fsp3) is 0.400. The van der Waals surface area contributed by atoms with E-state index in [1.54, 1.807) is 45.0 Å². The van der Waals surface area contributed by atoms with Crippen molar-refractivity contribution in [2.24, 2.45) is 0 Å². The van der Waals surface area contributed by atoms with Gasteiger partial charge in [0.25, 0.3) is 0 Å². The Morgan fingerprint density at radius 1 is 1.09 bits per heavy atom. The number of fused-ring (bicyclic) bond motifs is 1. The number of amides is 2. The third-order valence-corrected chi connectivity index (χ3v) is 5.59. The molecule has 0 spiro atoms. The van der Waals surface area contributed by atoms with Crippen LogP contribution in [0.25, 0.3) is 0 Å². The van der Waals surface area contributed by atoms with Gasteiger partial charge in [-0.1, -0.05) is 48.0 Å².